The fourth-order valence-corrected chi connectivity index (χ4v) is 2.27. The van der Waals surface area contributed by atoms with Crippen molar-refractivity contribution in [3.05, 3.63) is 50.5 Å². The highest BCUT2D eigenvalue weighted by Crippen LogP contribution is 2.19. The summed E-state index contributed by atoms with van der Waals surface area (Å²) in [7, 11) is 1.77. The third-order valence-corrected chi connectivity index (χ3v) is 3.88. The molecule has 19 heavy (non-hydrogen) atoms. The third kappa shape index (κ3) is 3.37. The van der Waals surface area contributed by atoms with Gasteiger partial charge in [-0.25, -0.2) is 18.7 Å². The molecule has 2 rings (SSSR count). The molecule has 0 unspecified atom stereocenters. The lowest BCUT2D eigenvalue weighted by Crippen LogP contribution is -2.06. The summed E-state index contributed by atoms with van der Waals surface area (Å²) >= 11 is 2.16. The van der Waals surface area contributed by atoms with Crippen LogP contribution in [0.1, 0.15) is 17.1 Å². The average Bonchev–Trinajstić information content (AvgIpc) is 2.32. The molecule has 2 aromatic rings. The first-order chi connectivity index (χ1) is 8.99. The minimum absolute atomic E-state index is 0.293. The summed E-state index contributed by atoms with van der Waals surface area (Å²) < 4.78 is 27.2. The second kappa shape index (κ2) is 5.77. The molecule has 0 aliphatic carbocycles. The number of nitrogens with one attached hydrogen (secondary N) is 1. The predicted molar refractivity (Wildman–Crippen MR) is 78.2 cm³/mol. The van der Waals surface area contributed by atoms with Crippen LogP contribution in [-0.4, -0.2) is 17.0 Å². The molecule has 0 saturated carbocycles. The van der Waals surface area contributed by atoms with Crippen LogP contribution in [0.15, 0.2) is 18.2 Å². The van der Waals surface area contributed by atoms with Crippen molar-refractivity contribution >= 4 is 28.4 Å². The SMILES string of the molecule is CNc1nc(Cc2cc(F)cc(F)c2)nc(C)c1I. The molecule has 1 aromatic carbocycles. The van der Waals surface area contributed by atoms with Crippen LogP contribution in [0.3, 0.4) is 0 Å². The molecule has 0 saturated heterocycles. The number of nitrogens with zero attached hydrogens (tertiary/aromatic N) is 2. The molecule has 0 aliphatic heterocycles. The lowest BCUT2D eigenvalue weighted by Gasteiger charge is -2.08. The summed E-state index contributed by atoms with van der Waals surface area (Å²) in [5.41, 5.74) is 1.35. The third-order valence-electron chi connectivity index (χ3n) is 2.58. The van der Waals surface area contributed by atoms with Crippen molar-refractivity contribution in [1.29, 1.82) is 0 Å². The van der Waals surface area contributed by atoms with Gasteiger partial charge in [0.25, 0.3) is 0 Å². The van der Waals surface area contributed by atoms with Crippen molar-refractivity contribution in [3.63, 3.8) is 0 Å². The van der Waals surface area contributed by atoms with Gasteiger partial charge in [0, 0.05) is 19.5 Å². The molecule has 0 fully saturated rings. The van der Waals surface area contributed by atoms with Gasteiger partial charge in [-0.15, -0.1) is 0 Å². The van der Waals surface area contributed by atoms with Crippen molar-refractivity contribution < 1.29 is 8.78 Å². The number of rotatable bonds is 3. The number of hydrogen-bond acceptors (Lipinski definition) is 3. The zero-order chi connectivity index (χ0) is 14.0. The Morgan fingerprint density at radius 3 is 2.37 bits per heavy atom. The summed E-state index contributed by atoms with van der Waals surface area (Å²) in [6.45, 7) is 1.87. The average molecular weight is 375 g/mol. The van der Waals surface area contributed by atoms with Gasteiger partial charge in [-0.2, -0.15) is 0 Å². The lowest BCUT2D eigenvalue weighted by atomic mass is 10.1. The van der Waals surface area contributed by atoms with E-state index in [4.69, 9.17) is 0 Å². The van der Waals surface area contributed by atoms with E-state index in [1.807, 2.05) is 6.92 Å². The van der Waals surface area contributed by atoms with Gasteiger partial charge in [-0.05, 0) is 47.2 Å². The second-order valence-corrected chi connectivity index (χ2v) is 5.17. The monoisotopic (exact) mass is 375 g/mol. The molecule has 0 aliphatic rings. The Labute approximate surface area is 123 Å². The van der Waals surface area contributed by atoms with Crippen LogP contribution in [0, 0.1) is 22.1 Å². The Kier molecular flexibility index (Phi) is 4.28. The standard InChI is InChI=1S/C13H12F2IN3/c1-7-12(16)13(17-2)19-11(18-7)5-8-3-9(14)6-10(15)4-8/h3-4,6H,5H2,1-2H3,(H,17,18,19). The molecule has 3 nitrogen and oxygen atoms in total. The quantitative estimate of drug-likeness (QED) is 0.837. The Morgan fingerprint density at radius 2 is 1.79 bits per heavy atom. The number of anilines is 1. The summed E-state index contributed by atoms with van der Waals surface area (Å²) in [5.74, 6) is 0.0735. The van der Waals surface area contributed by atoms with Crippen LogP contribution in [0.2, 0.25) is 0 Å². The predicted octanol–water partition coefficient (Wildman–Crippen LogP) is 3.30. The fourth-order valence-electron chi connectivity index (χ4n) is 1.76. The van der Waals surface area contributed by atoms with E-state index in [1.54, 1.807) is 7.05 Å². The highest BCUT2D eigenvalue weighted by Gasteiger charge is 2.09. The lowest BCUT2D eigenvalue weighted by molar-refractivity contribution is 0.580. The maximum Gasteiger partial charge on any atom is 0.143 e. The van der Waals surface area contributed by atoms with Gasteiger partial charge in [0.1, 0.15) is 23.3 Å². The van der Waals surface area contributed by atoms with Crippen LogP contribution in [0.5, 0.6) is 0 Å². The second-order valence-electron chi connectivity index (χ2n) is 4.09. The molecular weight excluding hydrogens is 363 g/mol. The zero-order valence-corrected chi connectivity index (χ0v) is 12.6. The van der Waals surface area contributed by atoms with Crippen molar-refractivity contribution in [2.24, 2.45) is 0 Å². The normalized spacial score (nSPS) is 10.6. The van der Waals surface area contributed by atoms with E-state index in [0.29, 0.717) is 17.8 Å². The van der Waals surface area contributed by atoms with Crippen molar-refractivity contribution in [2.75, 3.05) is 12.4 Å². The topological polar surface area (TPSA) is 37.8 Å². The first-order valence-electron chi connectivity index (χ1n) is 5.65. The van der Waals surface area contributed by atoms with Gasteiger partial charge in [0.15, 0.2) is 0 Å². The van der Waals surface area contributed by atoms with E-state index in [1.165, 1.54) is 12.1 Å². The summed E-state index contributed by atoms with van der Waals surface area (Å²) in [5, 5.41) is 2.98. The maximum atomic E-state index is 13.1. The van der Waals surface area contributed by atoms with E-state index in [2.05, 4.69) is 37.9 Å². The van der Waals surface area contributed by atoms with Gasteiger partial charge < -0.3 is 5.32 Å². The molecule has 0 atom stereocenters. The fraction of sp³-hybridized carbons (Fsp3) is 0.231. The van der Waals surface area contributed by atoms with Gasteiger partial charge in [0.2, 0.25) is 0 Å². The molecule has 100 valence electrons. The molecule has 0 spiro atoms. The van der Waals surface area contributed by atoms with Crippen molar-refractivity contribution in [1.82, 2.24) is 9.97 Å². The van der Waals surface area contributed by atoms with E-state index >= 15 is 0 Å². The van der Waals surface area contributed by atoms with Crippen LogP contribution in [0.4, 0.5) is 14.6 Å². The Bertz CT molecular complexity index is 597. The van der Waals surface area contributed by atoms with Crippen LogP contribution >= 0.6 is 22.6 Å². The van der Waals surface area contributed by atoms with Crippen LogP contribution < -0.4 is 5.32 Å². The van der Waals surface area contributed by atoms with E-state index < -0.39 is 11.6 Å². The Hall–Kier alpha value is -1.31. The van der Waals surface area contributed by atoms with E-state index in [9.17, 15) is 8.78 Å². The Morgan fingerprint density at radius 1 is 1.16 bits per heavy atom. The molecule has 0 amide bonds. The molecule has 1 N–H and O–H groups in total. The number of aromatic nitrogens is 2. The van der Waals surface area contributed by atoms with Crippen molar-refractivity contribution in [3.8, 4) is 0 Å². The van der Waals surface area contributed by atoms with Gasteiger partial charge in [-0.1, -0.05) is 0 Å². The highest BCUT2D eigenvalue weighted by atomic mass is 127. The molecule has 6 heteroatoms. The van der Waals surface area contributed by atoms with E-state index in [-0.39, 0.29) is 0 Å². The molecular formula is C13H12F2IN3. The summed E-state index contributed by atoms with van der Waals surface area (Å²) in [6, 6.07) is 3.43. The largest absolute Gasteiger partial charge is 0.372 e. The van der Waals surface area contributed by atoms with Gasteiger partial charge >= 0.3 is 0 Å². The zero-order valence-electron chi connectivity index (χ0n) is 10.5. The minimum atomic E-state index is -0.592. The van der Waals surface area contributed by atoms with E-state index in [0.717, 1.165) is 21.1 Å². The summed E-state index contributed by atoms with van der Waals surface area (Å²) in [4.78, 5) is 8.66. The molecule has 1 heterocycles. The molecule has 0 radical (unpaired) electrons. The highest BCUT2D eigenvalue weighted by molar-refractivity contribution is 14.1. The number of benzene rings is 1. The van der Waals surface area contributed by atoms with Crippen LogP contribution in [-0.2, 0) is 6.42 Å². The van der Waals surface area contributed by atoms with Gasteiger partial charge in [-0.3, -0.25) is 0 Å². The van der Waals surface area contributed by atoms with Crippen molar-refractivity contribution in [2.45, 2.75) is 13.3 Å². The smallest absolute Gasteiger partial charge is 0.143 e. The first kappa shape index (κ1) is 14.1. The number of hydrogen-bond donors (Lipinski definition) is 1. The van der Waals surface area contributed by atoms with Crippen LogP contribution in [0.25, 0.3) is 0 Å². The maximum absolute atomic E-state index is 13.1. The molecule has 1 aromatic heterocycles. The number of aryl methyl sites for hydroxylation is 1. The Balaban J connectivity index is 2.35. The summed E-state index contributed by atoms with van der Waals surface area (Å²) in [6.07, 6.45) is 0.293. The minimum Gasteiger partial charge on any atom is -0.372 e. The molecule has 0 bridgehead atoms. The first-order valence-corrected chi connectivity index (χ1v) is 6.73. The number of halogens is 3. The van der Waals surface area contributed by atoms with Gasteiger partial charge in [0.05, 0.1) is 9.26 Å².